The van der Waals surface area contributed by atoms with Crippen molar-refractivity contribution in [3.63, 3.8) is 0 Å². The van der Waals surface area contributed by atoms with E-state index in [-0.39, 0.29) is 0 Å². The Labute approximate surface area is 168 Å². The maximum Gasteiger partial charge on any atom is 0.426 e. The van der Waals surface area contributed by atoms with Gasteiger partial charge in [0.15, 0.2) is 0 Å². The monoisotopic (exact) mass is 518 g/mol. The van der Waals surface area contributed by atoms with Crippen molar-refractivity contribution in [1.82, 2.24) is 0 Å². The topological polar surface area (TPSA) is 18.5 Å². The summed E-state index contributed by atoms with van der Waals surface area (Å²) in [5.41, 5.74) is 0. The van der Waals surface area contributed by atoms with Gasteiger partial charge in [-0.05, 0) is 27.7 Å². The lowest BCUT2D eigenvalue weighted by Gasteiger charge is -2.43. The molecule has 0 aliphatic carbocycles. The summed E-state index contributed by atoms with van der Waals surface area (Å²) in [5.74, 6) is -48.9. The number of hydrogen-bond donors (Lipinski definition) is 0. The first kappa shape index (κ1) is 30.8. The lowest BCUT2D eigenvalue weighted by molar-refractivity contribution is -0.487. The lowest BCUT2D eigenvalue weighted by atomic mass is 9.90. The van der Waals surface area contributed by atoms with Gasteiger partial charge in [0, 0.05) is 0 Å². The summed E-state index contributed by atoms with van der Waals surface area (Å²) in [6.45, 7) is 1.78. The lowest BCUT2D eigenvalue weighted by Crippen LogP contribution is -2.75. The SMILES string of the molecule is CC(C)OC(F)(F)C(F)(F)C(F)(F)C(F)(F)C(F)(F)C(F)(F)C(F)(F)C(F)(F)OC(C)C. The summed E-state index contributed by atoms with van der Waals surface area (Å²) in [6, 6.07) is 0. The average Bonchev–Trinajstić information content (AvgIpc) is 2.50. The minimum absolute atomic E-state index is 0.445. The van der Waals surface area contributed by atoms with Crippen molar-refractivity contribution in [2.75, 3.05) is 0 Å². The van der Waals surface area contributed by atoms with Crippen LogP contribution in [0.5, 0.6) is 0 Å². The third-order valence-electron chi connectivity index (χ3n) is 3.47. The Bertz CT molecular complexity index is 599. The van der Waals surface area contributed by atoms with Crippen LogP contribution in [-0.4, -0.2) is 60.0 Å². The fourth-order valence-electron chi connectivity index (χ4n) is 1.89. The summed E-state index contributed by atoms with van der Waals surface area (Å²) in [5, 5.41) is 0. The molecule has 0 aromatic rings. The second kappa shape index (κ2) is 8.23. The van der Waals surface area contributed by atoms with Crippen LogP contribution in [0.2, 0.25) is 0 Å². The normalized spacial score (nSPS) is 16.3. The van der Waals surface area contributed by atoms with Gasteiger partial charge in [-0.2, -0.15) is 70.2 Å². The molecule has 32 heavy (non-hydrogen) atoms. The van der Waals surface area contributed by atoms with E-state index >= 15 is 0 Å². The van der Waals surface area contributed by atoms with Crippen molar-refractivity contribution in [3.8, 4) is 0 Å². The molecule has 0 heterocycles. The number of hydrogen-bond acceptors (Lipinski definition) is 2. The van der Waals surface area contributed by atoms with Gasteiger partial charge in [0.05, 0.1) is 12.2 Å². The highest BCUT2D eigenvalue weighted by atomic mass is 19.4. The third-order valence-corrected chi connectivity index (χ3v) is 3.47. The zero-order valence-corrected chi connectivity index (χ0v) is 16.0. The molecule has 0 atom stereocenters. The van der Waals surface area contributed by atoms with Crippen LogP contribution < -0.4 is 0 Å². The molecule has 0 saturated heterocycles. The molecule has 0 aromatic heterocycles. The summed E-state index contributed by atoms with van der Waals surface area (Å²) in [4.78, 5) is 0. The fourth-order valence-corrected chi connectivity index (χ4v) is 1.89. The molecule has 0 aliphatic rings. The molecular weight excluding hydrogens is 504 g/mol. The van der Waals surface area contributed by atoms with E-state index < -0.39 is 60.0 Å². The first-order valence-electron chi connectivity index (χ1n) is 7.96. The van der Waals surface area contributed by atoms with Crippen molar-refractivity contribution < 1.29 is 79.7 Å². The molecule has 0 amide bonds. The Morgan fingerprint density at radius 2 is 0.500 bits per heavy atom. The van der Waals surface area contributed by atoms with Crippen LogP contribution in [0.3, 0.4) is 0 Å². The van der Waals surface area contributed by atoms with E-state index in [4.69, 9.17) is 0 Å². The van der Waals surface area contributed by atoms with Gasteiger partial charge in [0.2, 0.25) is 0 Å². The van der Waals surface area contributed by atoms with Gasteiger partial charge >= 0.3 is 47.8 Å². The van der Waals surface area contributed by atoms with Gasteiger partial charge in [-0.3, -0.25) is 0 Å². The van der Waals surface area contributed by atoms with E-state index in [1.807, 2.05) is 0 Å². The van der Waals surface area contributed by atoms with E-state index in [2.05, 4.69) is 9.47 Å². The Morgan fingerprint density at radius 1 is 0.344 bits per heavy atom. The number of rotatable bonds is 11. The average molecular weight is 518 g/mol. The first-order chi connectivity index (χ1) is 13.6. The van der Waals surface area contributed by atoms with Crippen LogP contribution in [0, 0.1) is 0 Å². The number of alkyl halides is 16. The van der Waals surface area contributed by atoms with Crippen LogP contribution in [0.1, 0.15) is 27.7 Å². The number of halogens is 16. The quantitative estimate of drug-likeness (QED) is 0.279. The van der Waals surface area contributed by atoms with Gasteiger partial charge in [-0.1, -0.05) is 0 Å². The minimum Gasteiger partial charge on any atom is -0.313 e. The molecule has 0 unspecified atom stereocenters. The smallest absolute Gasteiger partial charge is 0.313 e. The second-order valence-electron chi connectivity index (χ2n) is 6.81. The predicted octanol–water partition coefficient (Wildman–Crippen LogP) is 6.83. The molecule has 0 bridgehead atoms. The first-order valence-corrected chi connectivity index (χ1v) is 7.96. The Morgan fingerprint density at radius 3 is 0.656 bits per heavy atom. The van der Waals surface area contributed by atoms with E-state index in [9.17, 15) is 70.2 Å². The van der Waals surface area contributed by atoms with E-state index in [1.165, 1.54) is 0 Å². The van der Waals surface area contributed by atoms with Crippen molar-refractivity contribution in [2.24, 2.45) is 0 Å². The van der Waals surface area contributed by atoms with E-state index in [0.717, 1.165) is 0 Å². The summed E-state index contributed by atoms with van der Waals surface area (Å²) >= 11 is 0. The molecule has 0 aliphatic heterocycles. The van der Waals surface area contributed by atoms with Crippen LogP contribution in [0.25, 0.3) is 0 Å². The molecule has 0 fully saturated rings. The molecule has 0 radical (unpaired) electrons. The van der Waals surface area contributed by atoms with E-state index in [0.29, 0.717) is 27.7 Å². The Hall–Kier alpha value is -1.20. The van der Waals surface area contributed by atoms with Gasteiger partial charge in [-0.25, -0.2) is 0 Å². The van der Waals surface area contributed by atoms with Crippen LogP contribution >= 0.6 is 0 Å². The summed E-state index contributed by atoms with van der Waals surface area (Å²) in [6.07, 6.45) is -17.8. The summed E-state index contributed by atoms with van der Waals surface area (Å²) in [7, 11) is 0. The van der Waals surface area contributed by atoms with Gasteiger partial charge in [0.1, 0.15) is 0 Å². The largest absolute Gasteiger partial charge is 0.426 e. The van der Waals surface area contributed by atoms with Crippen molar-refractivity contribution in [1.29, 1.82) is 0 Å². The molecule has 18 heteroatoms. The van der Waals surface area contributed by atoms with Gasteiger partial charge in [0.25, 0.3) is 0 Å². The highest BCUT2D eigenvalue weighted by Gasteiger charge is 2.95. The van der Waals surface area contributed by atoms with Crippen molar-refractivity contribution in [2.45, 2.75) is 87.7 Å². The Balaban J connectivity index is 6.71. The molecular formula is C14H14F16O2. The number of ether oxygens (including phenoxy) is 2. The van der Waals surface area contributed by atoms with Gasteiger partial charge in [-0.15, -0.1) is 0 Å². The van der Waals surface area contributed by atoms with Gasteiger partial charge < -0.3 is 9.47 Å². The second-order valence-corrected chi connectivity index (χ2v) is 6.81. The standard InChI is InChI=1S/C14H14F16O2/c1-5(2)31-13(27,28)11(23,24)9(19,20)7(15,16)8(17,18)10(21,22)12(25,26)14(29,30)32-6(3)4/h5-6H,1-4H3. The molecule has 0 saturated carbocycles. The zero-order valence-electron chi connectivity index (χ0n) is 16.0. The molecule has 0 spiro atoms. The molecule has 0 N–H and O–H groups in total. The summed E-state index contributed by atoms with van der Waals surface area (Å²) < 4.78 is 221. The molecule has 2 nitrogen and oxygen atoms in total. The molecule has 0 aromatic carbocycles. The minimum atomic E-state index is -8.48. The van der Waals surface area contributed by atoms with Crippen molar-refractivity contribution in [3.05, 3.63) is 0 Å². The molecule has 0 rings (SSSR count). The highest BCUT2D eigenvalue weighted by Crippen LogP contribution is 2.64. The predicted molar refractivity (Wildman–Crippen MR) is 72.0 cm³/mol. The maximum absolute atomic E-state index is 13.6. The zero-order chi connectivity index (χ0) is 26.6. The van der Waals surface area contributed by atoms with Crippen molar-refractivity contribution >= 4 is 0 Å². The van der Waals surface area contributed by atoms with Crippen LogP contribution in [-0.2, 0) is 9.47 Å². The van der Waals surface area contributed by atoms with E-state index in [1.54, 1.807) is 0 Å². The highest BCUT2D eigenvalue weighted by molar-refractivity contribution is 5.14. The fraction of sp³-hybridized carbons (Fsp3) is 1.00. The van der Waals surface area contributed by atoms with Crippen LogP contribution in [0.15, 0.2) is 0 Å². The molecule has 194 valence electrons. The Kier molecular flexibility index (Phi) is 7.92. The van der Waals surface area contributed by atoms with Crippen LogP contribution in [0.4, 0.5) is 70.2 Å². The maximum atomic E-state index is 13.6. The third kappa shape index (κ3) is 4.32.